The van der Waals surface area contributed by atoms with Gasteiger partial charge in [0.05, 0.1) is 0 Å². The molecule has 2 heterocycles. The molecule has 3 aromatic rings. The minimum atomic E-state index is -0.417. The van der Waals surface area contributed by atoms with Crippen LogP contribution in [0.1, 0.15) is 15.9 Å². The second kappa shape index (κ2) is 5.73. The van der Waals surface area contributed by atoms with Gasteiger partial charge in [-0.1, -0.05) is 18.2 Å². The van der Waals surface area contributed by atoms with E-state index in [4.69, 9.17) is 9.47 Å². The van der Waals surface area contributed by atoms with Crippen molar-refractivity contribution in [3.05, 3.63) is 70.0 Å². The van der Waals surface area contributed by atoms with Gasteiger partial charge in [0.15, 0.2) is 11.5 Å². The minimum Gasteiger partial charge on any atom is -0.454 e. The third-order valence-corrected chi connectivity index (χ3v) is 3.92. The summed E-state index contributed by atoms with van der Waals surface area (Å²) in [7, 11) is 0. The first-order valence-electron chi connectivity index (χ1n) is 7.49. The number of ether oxygens (including phenoxy) is 2. The molecule has 0 radical (unpaired) electrons. The summed E-state index contributed by atoms with van der Waals surface area (Å²) >= 11 is 0. The first-order valence-corrected chi connectivity index (χ1v) is 7.49. The lowest BCUT2D eigenvalue weighted by atomic mass is 10.1. The summed E-state index contributed by atoms with van der Waals surface area (Å²) in [6.45, 7) is 0.499. The Morgan fingerprint density at radius 3 is 2.88 bits per heavy atom. The van der Waals surface area contributed by atoms with E-state index in [1.54, 1.807) is 24.3 Å². The zero-order valence-corrected chi connectivity index (χ0v) is 12.7. The van der Waals surface area contributed by atoms with Gasteiger partial charge in [0.2, 0.25) is 12.2 Å². The molecule has 0 atom stereocenters. The molecule has 120 valence electrons. The standard InChI is InChI=1S/C18H14N2O4/c21-17-12-3-1-2-4-14(12)19-9-13(17)18(22)20-8-11-5-6-15-16(7-11)24-10-23-15/h1-7,9H,8,10H2,(H,19,21)(H,20,22). The Balaban J connectivity index is 1.54. The van der Waals surface area contributed by atoms with Gasteiger partial charge in [-0.3, -0.25) is 9.59 Å². The Hall–Kier alpha value is -3.28. The number of pyridine rings is 1. The number of fused-ring (bicyclic) bond motifs is 2. The van der Waals surface area contributed by atoms with Gasteiger partial charge in [-0.2, -0.15) is 0 Å². The molecule has 1 aliphatic heterocycles. The van der Waals surface area contributed by atoms with Crippen LogP contribution in [-0.4, -0.2) is 17.7 Å². The molecule has 0 bridgehead atoms. The lowest BCUT2D eigenvalue weighted by Crippen LogP contribution is -2.28. The Morgan fingerprint density at radius 1 is 1.12 bits per heavy atom. The van der Waals surface area contributed by atoms with Crippen molar-refractivity contribution in [3.63, 3.8) is 0 Å². The van der Waals surface area contributed by atoms with Crippen molar-refractivity contribution >= 4 is 16.8 Å². The van der Waals surface area contributed by atoms with E-state index in [1.807, 2.05) is 18.2 Å². The average molecular weight is 322 g/mol. The van der Waals surface area contributed by atoms with Gasteiger partial charge in [0, 0.05) is 23.6 Å². The molecule has 24 heavy (non-hydrogen) atoms. The van der Waals surface area contributed by atoms with Crippen LogP contribution < -0.4 is 20.2 Å². The highest BCUT2D eigenvalue weighted by atomic mass is 16.7. The summed E-state index contributed by atoms with van der Waals surface area (Å²) in [4.78, 5) is 27.7. The van der Waals surface area contributed by atoms with E-state index < -0.39 is 5.91 Å². The molecule has 0 aliphatic carbocycles. The van der Waals surface area contributed by atoms with Crippen LogP contribution in [0.5, 0.6) is 11.5 Å². The van der Waals surface area contributed by atoms with E-state index in [1.165, 1.54) is 6.20 Å². The largest absolute Gasteiger partial charge is 0.454 e. The SMILES string of the molecule is O=C(NCc1ccc2c(c1)OCO2)c1c[nH]c2ccccc2c1=O. The molecular weight excluding hydrogens is 308 g/mol. The Bertz CT molecular complexity index is 994. The number of nitrogens with one attached hydrogen (secondary N) is 2. The van der Waals surface area contributed by atoms with Crippen LogP contribution in [0.25, 0.3) is 10.9 Å². The molecule has 4 rings (SSSR count). The van der Waals surface area contributed by atoms with E-state index in [9.17, 15) is 9.59 Å². The maximum atomic E-state index is 12.4. The number of para-hydroxylation sites is 1. The van der Waals surface area contributed by atoms with Gasteiger partial charge in [-0.25, -0.2) is 0 Å². The zero-order chi connectivity index (χ0) is 16.5. The van der Waals surface area contributed by atoms with Crippen LogP contribution in [0.3, 0.4) is 0 Å². The number of carbonyl (C=O) groups excluding carboxylic acids is 1. The third kappa shape index (κ3) is 2.48. The third-order valence-electron chi connectivity index (χ3n) is 3.92. The molecule has 2 aromatic carbocycles. The smallest absolute Gasteiger partial charge is 0.257 e. The molecule has 0 saturated heterocycles. The summed E-state index contributed by atoms with van der Waals surface area (Å²) in [6.07, 6.45) is 1.44. The highest BCUT2D eigenvalue weighted by molar-refractivity contribution is 5.97. The van der Waals surface area contributed by atoms with E-state index in [0.29, 0.717) is 28.9 Å². The van der Waals surface area contributed by atoms with Gasteiger partial charge in [-0.05, 0) is 29.8 Å². The maximum Gasteiger partial charge on any atom is 0.257 e. The van der Waals surface area contributed by atoms with Crippen LogP contribution in [0.4, 0.5) is 0 Å². The zero-order valence-electron chi connectivity index (χ0n) is 12.7. The van der Waals surface area contributed by atoms with Crippen molar-refractivity contribution in [2.75, 3.05) is 6.79 Å². The first kappa shape index (κ1) is 14.3. The molecule has 0 unspecified atom stereocenters. The Kier molecular flexibility index (Phi) is 3.42. The van der Waals surface area contributed by atoms with E-state index >= 15 is 0 Å². The van der Waals surface area contributed by atoms with Crippen molar-refractivity contribution in [2.24, 2.45) is 0 Å². The molecular formula is C18H14N2O4. The summed E-state index contributed by atoms with van der Waals surface area (Å²) < 4.78 is 10.6. The van der Waals surface area contributed by atoms with Gasteiger partial charge in [0.1, 0.15) is 5.56 Å². The molecule has 1 aromatic heterocycles. The number of hydrogen-bond acceptors (Lipinski definition) is 4. The fourth-order valence-electron chi connectivity index (χ4n) is 2.66. The van der Waals surface area contributed by atoms with Crippen LogP contribution >= 0.6 is 0 Å². The molecule has 0 fully saturated rings. The molecule has 1 aliphatic rings. The molecule has 0 saturated carbocycles. The van der Waals surface area contributed by atoms with E-state index in [2.05, 4.69) is 10.3 Å². The first-order chi connectivity index (χ1) is 11.7. The van der Waals surface area contributed by atoms with Crippen molar-refractivity contribution in [1.82, 2.24) is 10.3 Å². The molecule has 0 spiro atoms. The number of amides is 1. The summed E-state index contributed by atoms with van der Waals surface area (Å²) in [5, 5.41) is 3.25. The number of hydrogen-bond donors (Lipinski definition) is 2. The van der Waals surface area contributed by atoms with Crippen LogP contribution in [0.15, 0.2) is 53.5 Å². The topological polar surface area (TPSA) is 80.4 Å². The van der Waals surface area contributed by atoms with Crippen molar-refractivity contribution in [1.29, 1.82) is 0 Å². The van der Waals surface area contributed by atoms with E-state index in [-0.39, 0.29) is 17.8 Å². The Labute approximate surface area is 137 Å². The maximum absolute atomic E-state index is 12.4. The predicted octanol–water partition coefficient (Wildman–Crippen LogP) is 2.19. The van der Waals surface area contributed by atoms with Crippen LogP contribution in [0.2, 0.25) is 0 Å². The summed E-state index contributed by atoms with van der Waals surface area (Å²) in [5.41, 5.74) is 1.38. The molecule has 6 nitrogen and oxygen atoms in total. The fraction of sp³-hybridized carbons (Fsp3) is 0.111. The number of benzene rings is 2. The van der Waals surface area contributed by atoms with Gasteiger partial charge in [-0.15, -0.1) is 0 Å². The quantitative estimate of drug-likeness (QED) is 0.774. The van der Waals surface area contributed by atoms with Gasteiger partial charge >= 0.3 is 0 Å². The molecule has 1 amide bonds. The van der Waals surface area contributed by atoms with Crippen LogP contribution in [-0.2, 0) is 6.54 Å². The summed E-state index contributed by atoms with van der Waals surface area (Å²) in [5.74, 6) is 0.932. The fourth-order valence-corrected chi connectivity index (χ4v) is 2.66. The predicted molar refractivity (Wildman–Crippen MR) is 88.3 cm³/mol. The lowest BCUT2D eigenvalue weighted by molar-refractivity contribution is 0.0949. The van der Waals surface area contributed by atoms with Crippen molar-refractivity contribution in [3.8, 4) is 11.5 Å². The minimum absolute atomic E-state index is 0.0921. The number of carbonyl (C=O) groups is 1. The number of H-pyrrole nitrogens is 1. The highest BCUT2D eigenvalue weighted by Gasteiger charge is 2.15. The van der Waals surface area contributed by atoms with Gasteiger partial charge in [0.25, 0.3) is 5.91 Å². The number of aromatic nitrogens is 1. The average Bonchev–Trinajstić information content (AvgIpc) is 3.08. The Morgan fingerprint density at radius 2 is 1.96 bits per heavy atom. The van der Waals surface area contributed by atoms with Crippen molar-refractivity contribution in [2.45, 2.75) is 6.54 Å². The second-order valence-electron chi connectivity index (χ2n) is 5.45. The molecule has 2 N–H and O–H groups in total. The van der Waals surface area contributed by atoms with Crippen LogP contribution in [0, 0.1) is 0 Å². The normalized spacial score (nSPS) is 12.3. The van der Waals surface area contributed by atoms with Gasteiger partial charge < -0.3 is 19.8 Å². The monoisotopic (exact) mass is 322 g/mol. The lowest BCUT2D eigenvalue weighted by Gasteiger charge is -2.07. The molecule has 6 heteroatoms. The van der Waals surface area contributed by atoms with Crippen molar-refractivity contribution < 1.29 is 14.3 Å². The summed E-state index contributed by atoms with van der Waals surface area (Å²) in [6, 6.07) is 12.6. The number of rotatable bonds is 3. The van der Waals surface area contributed by atoms with E-state index in [0.717, 1.165) is 5.56 Å². The highest BCUT2D eigenvalue weighted by Crippen LogP contribution is 2.32. The number of aromatic amines is 1. The second-order valence-corrected chi connectivity index (χ2v) is 5.45.